The first-order valence-corrected chi connectivity index (χ1v) is 13.7. The molecule has 10 nitrogen and oxygen atoms in total. The first kappa shape index (κ1) is 27.1. The van der Waals surface area contributed by atoms with Crippen molar-refractivity contribution in [1.82, 2.24) is 5.48 Å². The van der Waals surface area contributed by atoms with Crippen LogP contribution in [0.25, 0.3) is 0 Å². The number of non-ortho nitro benzene ring substituents is 1. The van der Waals surface area contributed by atoms with Gasteiger partial charge >= 0.3 is 0 Å². The SMILES string of the molecule is O=C(NOc1ccccc1)C1(c2ccccc2Cl)C(=O)N(S(=O)(=O)c2ccc([N+](=O)[O-])cc2)c2ccc(Cl)cc21. The highest BCUT2D eigenvalue weighted by atomic mass is 35.5. The zero-order valence-corrected chi connectivity index (χ0v) is 22.5. The molecule has 40 heavy (non-hydrogen) atoms. The number of para-hydroxylation sites is 1. The number of amides is 2. The second-order valence-electron chi connectivity index (χ2n) is 8.56. The van der Waals surface area contributed by atoms with E-state index >= 15 is 0 Å². The summed E-state index contributed by atoms with van der Waals surface area (Å²) in [7, 11) is -4.69. The summed E-state index contributed by atoms with van der Waals surface area (Å²) >= 11 is 12.8. The number of fused-ring (bicyclic) bond motifs is 1. The van der Waals surface area contributed by atoms with Gasteiger partial charge in [0.05, 0.1) is 15.5 Å². The highest BCUT2D eigenvalue weighted by Crippen LogP contribution is 2.51. The van der Waals surface area contributed by atoms with Crippen molar-refractivity contribution in [3.05, 3.63) is 128 Å². The Hall–Kier alpha value is -4.45. The van der Waals surface area contributed by atoms with Crippen LogP contribution in [0.15, 0.2) is 102 Å². The van der Waals surface area contributed by atoms with Crippen LogP contribution in [0.5, 0.6) is 5.75 Å². The number of hydrogen-bond donors (Lipinski definition) is 1. The number of nitrogens with zero attached hydrogens (tertiary/aromatic N) is 2. The topological polar surface area (TPSA) is 136 Å². The van der Waals surface area contributed by atoms with Crippen LogP contribution in [0.4, 0.5) is 11.4 Å². The average Bonchev–Trinajstić information content (AvgIpc) is 3.21. The summed E-state index contributed by atoms with van der Waals surface area (Å²) < 4.78 is 28.2. The number of rotatable bonds is 7. The number of hydrogen-bond acceptors (Lipinski definition) is 7. The first-order chi connectivity index (χ1) is 19.1. The third kappa shape index (κ3) is 4.34. The van der Waals surface area contributed by atoms with Gasteiger partial charge in [0.1, 0.15) is 0 Å². The summed E-state index contributed by atoms with van der Waals surface area (Å²) in [5, 5.41) is 11.2. The average molecular weight is 598 g/mol. The summed E-state index contributed by atoms with van der Waals surface area (Å²) in [6.45, 7) is 0. The normalized spacial score (nSPS) is 16.4. The summed E-state index contributed by atoms with van der Waals surface area (Å²) in [6, 6.07) is 22.2. The van der Waals surface area contributed by atoms with E-state index in [1.165, 1.54) is 30.3 Å². The van der Waals surface area contributed by atoms with Crippen molar-refractivity contribution in [1.29, 1.82) is 0 Å². The molecule has 0 radical (unpaired) electrons. The summed E-state index contributed by atoms with van der Waals surface area (Å²) in [5.74, 6) is -1.96. The maximum atomic E-state index is 14.4. The number of halogens is 2. The predicted molar refractivity (Wildman–Crippen MR) is 147 cm³/mol. The molecule has 13 heteroatoms. The lowest BCUT2D eigenvalue weighted by Crippen LogP contribution is -2.54. The number of nitro benzene ring substituents is 1. The summed E-state index contributed by atoms with van der Waals surface area (Å²) in [4.78, 5) is 43.9. The predicted octanol–water partition coefficient (Wildman–Crippen LogP) is 5.03. The van der Waals surface area contributed by atoms with Gasteiger partial charge in [-0.2, -0.15) is 5.48 Å². The van der Waals surface area contributed by atoms with Crippen LogP contribution >= 0.6 is 23.2 Å². The Balaban J connectivity index is 1.72. The lowest BCUT2D eigenvalue weighted by atomic mass is 9.74. The Morgan fingerprint density at radius 3 is 2.20 bits per heavy atom. The second-order valence-corrected chi connectivity index (χ2v) is 11.2. The molecule has 2 amide bonds. The largest absolute Gasteiger partial charge is 0.379 e. The minimum atomic E-state index is -4.69. The van der Waals surface area contributed by atoms with Gasteiger partial charge in [-0.05, 0) is 48.5 Å². The zero-order chi connectivity index (χ0) is 28.7. The van der Waals surface area contributed by atoms with Crippen molar-refractivity contribution in [2.24, 2.45) is 0 Å². The molecule has 0 spiro atoms. The zero-order valence-electron chi connectivity index (χ0n) is 20.2. The second kappa shape index (κ2) is 10.3. The minimum absolute atomic E-state index is 0.00576. The fraction of sp³-hybridized carbons (Fsp3) is 0.0370. The summed E-state index contributed by atoms with van der Waals surface area (Å²) in [6.07, 6.45) is 0. The lowest BCUT2D eigenvalue weighted by molar-refractivity contribution is -0.384. The molecular weight excluding hydrogens is 581 g/mol. The number of benzene rings is 4. The van der Waals surface area contributed by atoms with E-state index in [-0.39, 0.29) is 38.3 Å². The Labute approximate surface area is 237 Å². The van der Waals surface area contributed by atoms with Gasteiger partial charge in [-0.25, -0.2) is 12.7 Å². The van der Waals surface area contributed by atoms with Gasteiger partial charge in [-0.15, -0.1) is 0 Å². The third-order valence-electron chi connectivity index (χ3n) is 6.30. The van der Waals surface area contributed by atoms with Crippen LogP contribution in [0, 0.1) is 10.1 Å². The van der Waals surface area contributed by atoms with Crippen LogP contribution < -0.4 is 14.6 Å². The van der Waals surface area contributed by atoms with E-state index in [9.17, 15) is 28.1 Å². The van der Waals surface area contributed by atoms with Crippen LogP contribution in [0.1, 0.15) is 11.1 Å². The molecule has 1 aliphatic heterocycles. The molecule has 0 saturated heterocycles. The van der Waals surface area contributed by atoms with Crippen LogP contribution in [0.3, 0.4) is 0 Å². The highest BCUT2D eigenvalue weighted by molar-refractivity contribution is 7.93. The third-order valence-corrected chi connectivity index (χ3v) is 8.57. The minimum Gasteiger partial charge on any atom is -0.379 e. The van der Waals surface area contributed by atoms with E-state index in [4.69, 9.17) is 28.0 Å². The van der Waals surface area contributed by atoms with Crippen molar-refractivity contribution >= 4 is 56.4 Å². The van der Waals surface area contributed by atoms with Crippen LogP contribution in [0.2, 0.25) is 10.0 Å². The molecule has 1 aliphatic rings. The van der Waals surface area contributed by atoms with Gasteiger partial charge in [0.15, 0.2) is 11.2 Å². The van der Waals surface area contributed by atoms with E-state index in [1.807, 2.05) is 0 Å². The molecular formula is C27H17Cl2N3O7S. The monoisotopic (exact) mass is 597 g/mol. The van der Waals surface area contributed by atoms with Crippen molar-refractivity contribution < 1.29 is 27.8 Å². The van der Waals surface area contributed by atoms with E-state index in [2.05, 4.69) is 5.48 Å². The smallest absolute Gasteiger partial charge is 0.277 e. The maximum Gasteiger partial charge on any atom is 0.277 e. The molecule has 0 aliphatic carbocycles. The molecule has 0 aromatic heterocycles. The molecule has 4 aromatic carbocycles. The molecule has 4 aromatic rings. The standard InChI is InChI=1S/C27H17Cl2N3O7S/c28-17-10-15-24-22(16-17)27(21-8-4-5-9-23(21)29,25(33)30-39-19-6-2-1-3-7-19)26(34)31(24)40(37,38)20-13-11-18(12-14-20)32(35)36/h1-16H,(H,30,33). The number of nitro groups is 1. The Bertz CT molecular complexity index is 1770. The van der Waals surface area contributed by atoms with Crippen LogP contribution in [-0.4, -0.2) is 25.2 Å². The molecule has 1 heterocycles. The number of carbonyl (C=O) groups excluding carboxylic acids is 2. The maximum absolute atomic E-state index is 14.4. The van der Waals surface area contributed by atoms with Crippen molar-refractivity contribution in [3.63, 3.8) is 0 Å². The Morgan fingerprint density at radius 2 is 1.55 bits per heavy atom. The van der Waals surface area contributed by atoms with E-state index in [0.717, 1.165) is 24.3 Å². The van der Waals surface area contributed by atoms with Crippen LogP contribution in [-0.2, 0) is 25.0 Å². The van der Waals surface area contributed by atoms with Gasteiger partial charge in [0, 0.05) is 33.3 Å². The fourth-order valence-electron chi connectivity index (χ4n) is 4.48. The van der Waals surface area contributed by atoms with E-state index < -0.39 is 37.1 Å². The van der Waals surface area contributed by atoms with Crippen molar-refractivity contribution in [2.75, 3.05) is 4.31 Å². The molecule has 202 valence electrons. The highest BCUT2D eigenvalue weighted by Gasteiger charge is 2.62. The van der Waals surface area contributed by atoms with Gasteiger partial charge in [0.25, 0.3) is 27.5 Å². The van der Waals surface area contributed by atoms with Gasteiger partial charge in [0.2, 0.25) is 0 Å². The summed E-state index contributed by atoms with van der Waals surface area (Å²) in [5.41, 5.74) is -0.641. The molecule has 0 bridgehead atoms. The Morgan fingerprint density at radius 1 is 0.900 bits per heavy atom. The van der Waals surface area contributed by atoms with E-state index in [1.54, 1.807) is 42.5 Å². The number of anilines is 1. The number of nitrogens with one attached hydrogen (secondary N) is 1. The molecule has 5 rings (SSSR count). The molecule has 0 saturated carbocycles. The first-order valence-electron chi connectivity index (χ1n) is 11.5. The molecule has 0 fully saturated rings. The van der Waals surface area contributed by atoms with E-state index in [0.29, 0.717) is 4.31 Å². The van der Waals surface area contributed by atoms with Crippen molar-refractivity contribution in [3.8, 4) is 5.75 Å². The van der Waals surface area contributed by atoms with Crippen molar-refractivity contribution in [2.45, 2.75) is 10.3 Å². The fourth-order valence-corrected chi connectivity index (χ4v) is 6.40. The van der Waals surface area contributed by atoms with Gasteiger partial charge in [-0.1, -0.05) is 59.6 Å². The number of carbonyl (C=O) groups is 2. The molecule has 1 N–H and O–H groups in total. The quantitative estimate of drug-likeness (QED) is 0.179. The molecule has 1 unspecified atom stereocenters. The number of hydroxylamine groups is 1. The molecule has 1 atom stereocenters. The van der Waals surface area contributed by atoms with Gasteiger partial charge < -0.3 is 4.84 Å². The number of sulfonamides is 1. The van der Waals surface area contributed by atoms with Gasteiger partial charge in [-0.3, -0.25) is 19.7 Å². The lowest BCUT2D eigenvalue weighted by Gasteiger charge is -2.28. The Kier molecular flexibility index (Phi) is 6.96.